The van der Waals surface area contributed by atoms with Crippen molar-refractivity contribution in [3.05, 3.63) is 10.7 Å². The van der Waals surface area contributed by atoms with Gasteiger partial charge in [0.05, 0.1) is 7.11 Å². The number of esters is 1. The topological polar surface area (TPSA) is 86.2 Å². The third-order valence-corrected chi connectivity index (χ3v) is 4.75. The molecule has 0 spiro atoms. The molecule has 1 aromatic rings. The zero-order valence-electron chi connectivity index (χ0n) is 13.8. The van der Waals surface area contributed by atoms with Crippen LogP contribution in [0, 0.1) is 0 Å². The number of thiazole rings is 1. The quantitative estimate of drug-likeness (QED) is 0.822. The van der Waals surface area contributed by atoms with Gasteiger partial charge in [0, 0.05) is 32.2 Å². The van der Waals surface area contributed by atoms with Crippen LogP contribution in [0.25, 0.3) is 0 Å². The minimum absolute atomic E-state index is 0.147. The molecule has 0 aromatic carbocycles. The summed E-state index contributed by atoms with van der Waals surface area (Å²) in [6, 6.07) is -0.147. The minimum atomic E-state index is -0.914. The molecule has 23 heavy (non-hydrogen) atoms. The largest absolute Gasteiger partial charge is 0.465 e. The van der Waals surface area contributed by atoms with E-state index >= 15 is 0 Å². The third kappa shape index (κ3) is 3.91. The Morgan fingerprint density at radius 2 is 2.13 bits per heavy atom. The van der Waals surface area contributed by atoms with E-state index in [1.165, 1.54) is 23.3 Å². The van der Waals surface area contributed by atoms with Crippen molar-refractivity contribution in [3.63, 3.8) is 0 Å². The highest BCUT2D eigenvalue weighted by molar-refractivity contribution is 7.16. The number of amides is 1. The molecule has 1 aliphatic rings. The van der Waals surface area contributed by atoms with Crippen molar-refractivity contribution in [1.82, 2.24) is 14.8 Å². The highest BCUT2D eigenvalue weighted by Gasteiger charge is 2.31. The van der Waals surface area contributed by atoms with Crippen LogP contribution in [0.15, 0.2) is 0 Å². The smallest absolute Gasteiger partial charge is 0.407 e. The van der Waals surface area contributed by atoms with Gasteiger partial charge in [-0.05, 0) is 21.0 Å². The molecule has 9 heteroatoms. The molecule has 1 saturated heterocycles. The van der Waals surface area contributed by atoms with Gasteiger partial charge in [-0.1, -0.05) is 11.3 Å². The second-order valence-electron chi connectivity index (χ2n) is 5.76. The molecule has 8 nitrogen and oxygen atoms in total. The van der Waals surface area contributed by atoms with Gasteiger partial charge in [-0.3, -0.25) is 0 Å². The summed E-state index contributed by atoms with van der Waals surface area (Å²) in [6.45, 7) is 3.96. The number of hydrogen-bond acceptors (Lipinski definition) is 7. The lowest BCUT2D eigenvalue weighted by Gasteiger charge is -2.38. The molecule has 1 amide bonds. The zero-order valence-corrected chi connectivity index (χ0v) is 14.6. The van der Waals surface area contributed by atoms with Crippen LogP contribution in [0.1, 0.15) is 22.4 Å². The lowest BCUT2D eigenvalue weighted by atomic mass is 10.2. The second kappa shape index (κ2) is 7.14. The number of anilines is 1. The standard InChI is InChI=1S/C14H22N4O4S/c1-9-7-17(5-6-18(9)14(20)21)12-11(13(19)22-4)15-10(23-12)8-16(2)3/h9H,5-8H2,1-4H3,(H,20,21). The molecule has 1 aromatic heterocycles. The van der Waals surface area contributed by atoms with Crippen molar-refractivity contribution >= 4 is 28.4 Å². The summed E-state index contributed by atoms with van der Waals surface area (Å²) in [5.74, 6) is -0.463. The first-order chi connectivity index (χ1) is 10.8. The van der Waals surface area contributed by atoms with Gasteiger partial charge in [0.25, 0.3) is 0 Å². The molecule has 0 aliphatic carbocycles. The van der Waals surface area contributed by atoms with E-state index in [1.807, 2.05) is 30.8 Å². The fourth-order valence-corrected chi connectivity index (χ4v) is 3.77. The number of nitrogens with zero attached hydrogens (tertiary/aromatic N) is 4. The Morgan fingerprint density at radius 3 is 2.65 bits per heavy atom. The van der Waals surface area contributed by atoms with E-state index in [-0.39, 0.29) is 6.04 Å². The number of rotatable bonds is 4. The Kier molecular flexibility index (Phi) is 5.42. The Morgan fingerprint density at radius 1 is 1.43 bits per heavy atom. The molecule has 128 valence electrons. The van der Waals surface area contributed by atoms with E-state index in [2.05, 4.69) is 4.98 Å². The maximum absolute atomic E-state index is 12.0. The van der Waals surface area contributed by atoms with Crippen molar-refractivity contribution in [2.75, 3.05) is 45.7 Å². The van der Waals surface area contributed by atoms with Crippen LogP contribution in [-0.2, 0) is 11.3 Å². The van der Waals surface area contributed by atoms with Crippen molar-refractivity contribution in [3.8, 4) is 0 Å². The Bertz CT molecular complexity index is 589. The number of ether oxygens (including phenoxy) is 1. The molecule has 1 atom stereocenters. The first kappa shape index (κ1) is 17.5. The number of carbonyl (C=O) groups is 2. The Hall–Kier alpha value is -1.87. The molecular formula is C14H22N4O4S. The average molecular weight is 342 g/mol. The molecule has 1 fully saturated rings. The van der Waals surface area contributed by atoms with Crippen LogP contribution in [-0.4, -0.2) is 78.8 Å². The molecule has 0 bridgehead atoms. The average Bonchev–Trinajstić information content (AvgIpc) is 2.88. The van der Waals surface area contributed by atoms with Crippen molar-refractivity contribution in [2.24, 2.45) is 0 Å². The predicted molar refractivity (Wildman–Crippen MR) is 87.3 cm³/mol. The maximum atomic E-state index is 12.0. The molecular weight excluding hydrogens is 320 g/mol. The fraction of sp³-hybridized carbons (Fsp3) is 0.643. The summed E-state index contributed by atoms with van der Waals surface area (Å²) in [5.41, 5.74) is 0.310. The SMILES string of the molecule is COC(=O)c1nc(CN(C)C)sc1N1CCN(C(=O)O)C(C)C1. The van der Waals surface area contributed by atoms with Gasteiger partial charge in [-0.25, -0.2) is 14.6 Å². The van der Waals surface area contributed by atoms with E-state index in [1.54, 1.807) is 0 Å². The van der Waals surface area contributed by atoms with Gasteiger partial charge in [0.1, 0.15) is 10.0 Å². The van der Waals surface area contributed by atoms with Crippen LogP contribution < -0.4 is 4.90 Å². The number of aromatic nitrogens is 1. The summed E-state index contributed by atoms with van der Waals surface area (Å²) < 4.78 is 4.83. The van der Waals surface area contributed by atoms with Crippen molar-refractivity contribution < 1.29 is 19.4 Å². The second-order valence-corrected chi connectivity index (χ2v) is 6.82. The summed E-state index contributed by atoms with van der Waals surface area (Å²) in [5, 5.41) is 10.8. The summed E-state index contributed by atoms with van der Waals surface area (Å²) in [6.07, 6.45) is -0.914. The van der Waals surface area contributed by atoms with Gasteiger partial charge >= 0.3 is 12.1 Å². The Balaban J connectivity index is 2.25. The first-order valence-electron chi connectivity index (χ1n) is 7.30. The fourth-order valence-electron chi connectivity index (χ4n) is 2.56. The predicted octanol–water partition coefficient (Wildman–Crippen LogP) is 1.18. The van der Waals surface area contributed by atoms with Crippen LogP contribution in [0.2, 0.25) is 0 Å². The van der Waals surface area contributed by atoms with Crippen LogP contribution >= 0.6 is 11.3 Å². The van der Waals surface area contributed by atoms with Gasteiger partial charge in [0.15, 0.2) is 5.69 Å². The minimum Gasteiger partial charge on any atom is -0.465 e. The summed E-state index contributed by atoms with van der Waals surface area (Å²) in [4.78, 5) is 33.0. The van der Waals surface area contributed by atoms with E-state index in [4.69, 9.17) is 9.84 Å². The molecule has 1 N–H and O–H groups in total. The Labute approximate surface area is 139 Å². The van der Waals surface area contributed by atoms with E-state index in [0.29, 0.717) is 31.9 Å². The highest BCUT2D eigenvalue weighted by atomic mass is 32.1. The monoisotopic (exact) mass is 342 g/mol. The summed E-state index contributed by atoms with van der Waals surface area (Å²) >= 11 is 1.46. The number of carboxylic acid groups (broad SMARTS) is 1. The number of hydrogen-bond donors (Lipinski definition) is 1. The van der Waals surface area contributed by atoms with Gasteiger partial charge in [-0.15, -0.1) is 0 Å². The number of methoxy groups -OCH3 is 1. The van der Waals surface area contributed by atoms with Gasteiger partial charge < -0.3 is 24.5 Å². The lowest BCUT2D eigenvalue weighted by molar-refractivity contribution is 0.0594. The number of carbonyl (C=O) groups excluding carboxylic acids is 1. The molecule has 2 heterocycles. The number of piperazine rings is 1. The van der Waals surface area contributed by atoms with Crippen molar-refractivity contribution in [1.29, 1.82) is 0 Å². The molecule has 2 rings (SSSR count). The van der Waals surface area contributed by atoms with Crippen LogP contribution in [0.3, 0.4) is 0 Å². The van der Waals surface area contributed by atoms with E-state index < -0.39 is 12.1 Å². The molecule has 0 saturated carbocycles. The van der Waals surface area contributed by atoms with E-state index in [0.717, 1.165) is 10.0 Å². The molecule has 1 unspecified atom stereocenters. The summed E-state index contributed by atoms with van der Waals surface area (Å²) in [7, 11) is 5.21. The van der Waals surface area contributed by atoms with Gasteiger partial charge in [-0.2, -0.15) is 0 Å². The first-order valence-corrected chi connectivity index (χ1v) is 8.12. The van der Waals surface area contributed by atoms with Crippen molar-refractivity contribution in [2.45, 2.75) is 19.5 Å². The van der Waals surface area contributed by atoms with Crippen LogP contribution in [0.5, 0.6) is 0 Å². The maximum Gasteiger partial charge on any atom is 0.407 e. The van der Waals surface area contributed by atoms with Gasteiger partial charge in [0.2, 0.25) is 0 Å². The zero-order chi connectivity index (χ0) is 17.1. The highest BCUT2D eigenvalue weighted by Crippen LogP contribution is 2.31. The molecule has 1 aliphatic heterocycles. The van der Waals surface area contributed by atoms with E-state index in [9.17, 15) is 9.59 Å². The third-order valence-electron chi connectivity index (χ3n) is 3.64. The van der Waals surface area contributed by atoms with Crippen LogP contribution in [0.4, 0.5) is 9.80 Å². The lowest BCUT2D eigenvalue weighted by Crippen LogP contribution is -2.53. The molecule has 0 radical (unpaired) electrons. The normalized spacial score (nSPS) is 18.4.